The van der Waals surface area contributed by atoms with Crippen molar-refractivity contribution in [3.63, 3.8) is 0 Å². The van der Waals surface area contributed by atoms with E-state index in [0.717, 1.165) is 0 Å². The SMILES string of the molecule is CC(=[N+](C)O)P(C)(=O)O. The minimum Gasteiger partial charge on any atom is -0.337 e. The van der Waals surface area contributed by atoms with Gasteiger partial charge in [-0.2, -0.15) is 0 Å². The van der Waals surface area contributed by atoms with E-state index in [4.69, 9.17) is 10.1 Å². The van der Waals surface area contributed by atoms with Crippen molar-refractivity contribution in [1.29, 1.82) is 0 Å². The number of hydrogen-bond acceptors (Lipinski definition) is 2. The lowest BCUT2D eigenvalue weighted by Crippen LogP contribution is -2.09. The lowest BCUT2D eigenvalue weighted by Gasteiger charge is -1.97. The second-order valence-electron chi connectivity index (χ2n) is 1.95. The summed E-state index contributed by atoms with van der Waals surface area (Å²) in [6.45, 7) is 2.58. The van der Waals surface area contributed by atoms with Gasteiger partial charge in [0.25, 0.3) is 12.8 Å². The van der Waals surface area contributed by atoms with E-state index < -0.39 is 7.37 Å². The average Bonchev–Trinajstić information content (AvgIpc) is 1.62. The summed E-state index contributed by atoms with van der Waals surface area (Å²) in [7, 11) is -1.91. The van der Waals surface area contributed by atoms with Crippen molar-refractivity contribution in [2.24, 2.45) is 0 Å². The predicted octanol–water partition coefficient (Wildman–Crippen LogP) is 0.336. The van der Waals surface area contributed by atoms with Gasteiger partial charge in [-0.15, -0.1) is 0 Å². The fraction of sp³-hybridized carbons (Fsp3) is 0.750. The summed E-state index contributed by atoms with van der Waals surface area (Å²) in [5.41, 5.74) is 0.0856. The van der Waals surface area contributed by atoms with Crippen molar-refractivity contribution in [1.82, 2.24) is 0 Å². The van der Waals surface area contributed by atoms with Crippen LogP contribution in [-0.4, -0.2) is 34.0 Å². The highest BCUT2D eigenvalue weighted by molar-refractivity contribution is 7.74. The third-order valence-electron chi connectivity index (χ3n) is 1.07. The smallest absolute Gasteiger partial charge is 0.288 e. The fourth-order valence-corrected chi connectivity index (χ4v) is 0.806. The predicted molar refractivity (Wildman–Crippen MR) is 34.4 cm³/mol. The summed E-state index contributed by atoms with van der Waals surface area (Å²) < 4.78 is 11.3. The number of hydrogen-bond donors (Lipinski definition) is 2. The summed E-state index contributed by atoms with van der Waals surface area (Å²) in [4.78, 5) is 8.77. The molecular weight excluding hydrogens is 141 g/mol. The molecule has 0 aromatic carbocycles. The number of rotatable bonds is 1. The highest BCUT2D eigenvalue weighted by Gasteiger charge is 2.23. The zero-order valence-corrected chi connectivity index (χ0v) is 6.59. The van der Waals surface area contributed by atoms with Crippen LogP contribution in [-0.2, 0) is 4.57 Å². The first-order valence-corrected chi connectivity index (χ1v) is 4.53. The molecule has 0 aromatic heterocycles. The van der Waals surface area contributed by atoms with Gasteiger partial charge < -0.3 is 4.89 Å². The van der Waals surface area contributed by atoms with Crippen molar-refractivity contribution in [3.8, 4) is 0 Å². The molecular formula is C4H11NO3P+. The van der Waals surface area contributed by atoms with Gasteiger partial charge in [-0.05, 0) is 4.74 Å². The van der Waals surface area contributed by atoms with Crippen LogP contribution in [0.5, 0.6) is 0 Å². The van der Waals surface area contributed by atoms with Gasteiger partial charge >= 0.3 is 0 Å². The lowest BCUT2D eigenvalue weighted by atomic mass is 10.9. The molecule has 5 heteroatoms. The Hall–Kier alpha value is -0.340. The number of hydroxylamine groups is 1. The largest absolute Gasteiger partial charge is 0.337 e. The van der Waals surface area contributed by atoms with Crippen LogP contribution in [0.4, 0.5) is 0 Å². The standard InChI is InChI=1S/C4H10NO3P/c1-4(5(2)6)9(3,7)8/h1-3H3,(H-,6,7,8)/p+1. The average molecular weight is 152 g/mol. The first-order valence-electron chi connectivity index (χ1n) is 2.42. The van der Waals surface area contributed by atoms with E-state index in [2.05, 4.69) is 0 Å². The molecule has 9 heavy (non-hydrogen) atoms. The maximum atomic E-state index is 10.7. The molecule has 0 saturated carbocycles. The van der Waals surface area contributed by atoms with Crippen LogP contribution in [0.15, 0.2) is 0 Å². The summed E-state index contributed by atoms with van der Waals surface area (Å²) in [5, 5.41) is 8.62. The van der Waals surface area contributed by atoms with E-state index in [0.29, 0.717) is 4.74 Å². The quantitative estimate of drug-likeness (QED) is 0.187. The second-order valence-corrected chi connectivity index (χ2v) is 4.36. The van der Waals surface area contributed by atoms with Crippen LogP contribution < -0.4 is 0 Å². The Morgan fingerprint density at radius 2 is 2.00 bits per heavy atom. The van der Waals surface area contributed by atoms with Crippen molar-refractivity contribution in [2.45, 2.75) is 6.92 Å². The Labute approximate surface area is 53.9 Å². The van der Waals surface area contributed by atoms with Gasteiger partial charge in [0, 0.05) is 13.6 Å². The van der Waals surface area contributed by atoms with Crippen LogP contribution >= 0.6 is 7.37 Å². The third kappa shape index (κ3) is 2.63. The van der Waals surface area contributed by atoms with Crippen molar-refractivity contribution in [3.05, 3.63) is 0 Å². The molecule has 4 nitrogen and oxygen atoms in total. The lowest BCUT2D eigenvalue weighted by molar-refractivity contribution is -0.753. The second kappa shape index (κ2) is 2.50. The molecule has 2 N–H and O–H groups in total. The monoisotopic (exact) mass is 152 g/mol. The molecule has 0 saturated heterocycles. The van der Waals surface area contributed by atoms with Crippen LogP contribution in [0.3, 0.4) is 0 Å². The van der Waals surface area contributed by atoms with Crippen molar-refractivity contribution in [2.75, 3.05) is 13.7 Å². The zero-order chi connectivity index (χ0) is 7.65. The van der Waals surface area contributed by atoms with Gasteiger partial charge in [-0.3, -0.25) is 9.77 Å². The highest BCUT2D eigenvalue weighted by atomic mass is 31.2. The Morgan fingerprint density at radius 1 is 1.67 bits per heavy atom. The van der Waals surface area contributed by atoms with E-state index in [1.54, 1.807) is 0 Å². The zero-order valence-electron chi connectivity index (χ0n) is 5.70. The summed E-state index contributed by atoms with van der Waals surface area (Å²) in [5.74, 6) is 0. The van der Waals surface area contributed by atoms with E-state index >= 15 is 0 Å². The van der Waals surface area contributed by atoms with Gasteiger partial charge in [0.15, 0.2) is 7.05 Å². The maximum Gasteiger partial charge on any atom is 0.288 e. The van der Waals surface area contributed by atoms with E-state index in [-0.39, 0.29) is 5.45 Å². The van der Waals surface area contributed by atoms with Crippen LogP contribution in [0.1, 0.15) is 6.92 Å². The molecule has 0 aliphatic rings. The Bertz CT molecular complexity index is 176. The Kier molecular flexibility index (Phi) is 2.40. The van der Waals surface area contributed by atoms with Gasteiger partial charge in [0.2, 0.25) is 0 Å². The molecule has 0 radical (unpaired) electrons. The molecule has 0 aliphatic carbocycles. The maximum absolute atomic E-state index is 10.7. The summed E-state index contributed by atoms with van der Waals surface area (Å²) in [6, 6.07) is 0. The van der Waals surface area contributed by atoms with Crippen LogP contribution in [0, 0.1) is 0 Å². The van der Waals surface area contributed by atoms with Crippen molar-refractivity contribution < 1.29 is 19.4 Å². The molecule has 0 spiro atoms. The van der Waals surface area contributed by atoms with Crippen LogP contribution in [0.2, 0.25) is 0 Å². The highest BCUT2D eigenvalue weighted by Crippen LogP contribution is 2.36. The Morgan fingerprint density at radius 3 is 2.00 bits per heavy atom. The van der Waals surface area contributed by atoms with E-state index in [9.17, 15) is 4.57 Å². The summed E-state index contributed by atoms with van der Waals surface area (Å²) >= 11 is 0. The summed E-state index contributed by atoms with van der Waals surface area (Å²) in [6.07, 6.45) is 0. The first-order chi connectivity index (χ1) is 3.85. The minimum atomic E-state index is -3.22. The molecule has 0 aliphatic heterocycles. The molecule has 0 heterocycles. The molecule has 1 atom stereocenters. The van der Waals surface area contributed by atoms with Crippen LogP contribution in [0.25, 0.3) is 0 Å². The molecule has 1 unspecified atom stereocenters. The minimum absolute atomic E-state index is 0.0856. The van der Waals surface area contributed by atoms with Crippen molar-refractivity contribution >= 4 is 12.8 Å². The fourth-order valence-electron chi connectivity index (χ4n) is 0.269. The van der Waals surface area contributed by atoms with Gasteiger partial charge in [0.05, 0.1) is 0 Å². The molecule has 0 bridgehead atoms. The third-order valence-corrected chi connectivity index (χ3v) is 2.56. The molecule has 54 valence electrons. The molecule has 0 fully saturated rings. The molecule has 0 rings (SSSR count). The van der Waals surface area contributed by atoms with Gasteiger partial charge in [-0.1, -0.05) is 0 Å². The first kappa shape index (κ1) is 8.66. The van der Waals surface area contributed by atoms with E-state index in [1.807, 2.05) is 0 Å². The molecule has 0 amide bonds. The number of nitrogens with zero attached hydrogens (tertiary/aromatic N) is 1. The topological polar surface area (TPSA) is 60.5 Å². The van der Waals surface area contributed by atoms with Gasteiger partial charge in [-0.25, -0.2) is 0 Å². The Balaban J connectivity index is 4.62. The van der Waals surface area contributed by atoms with E-state index in [1.165, 1.54) is 20.6 Å². The normalized spacial score (nSPS) is 20.4. The molecule has 0 aromatic rings. The van der Waals surface area contributed by atoms with Gasteiger partial charge in [0.1, 0.15) is 0 Å².